The quantitative estimate of drug-likeness (QED) is 0.729. The van der Waals surface area contributed by atoms with Crippen LogP contribution in [0, 0.1) is 6.92 Å². The third-order valence-electron chi connectivity index (χ3n) is 1.86. The lowest BCUT2D eigenvalue weighted by Crippen LogP contribution is -2.16. The van der Waals surface area contributed by atoms with Gasteiger partial charge >= 0.3 is 0 Å². The topological polar surface area (TPSA) is 77.7 Å². The Balaban J connectivity index is 2.60. The summed E-state index contributed by atoms with van der Waals surface area (Å²) in [5.74, 6) is 0.235. The van der Waals surface area contributed by atoms with Gasteiger partial charge in [-0.2, -0.15) is 8.42 Å². The van der Waals surface area contributed by atoms with Crippen molar-refractivity contribution < 1.29 is 8.42 Å². The average Bonchev–Trinajstić information content (AvgIpc) is 2.66. The maximum absolute atomic E-state index is 11.9. The van der Waals surface area contributed by atoms with Crippen molar-refractivity contribution in [3.05, 3.63) is 36.2 Å². The van der Waals surface area contributed by atoms with Gasteiger partial charge in [0, 0.05) is 0 Å². The van der Waals surface area contributed by atoms with Crippen LogP contribution in [0.25, 0.3) is 0 Å². The lowest BCUT2D eigenvalue weighted by molar-refractivity contribution is 0.575. The summed E-state index contributed by atoms with van der Waals surface area (Å²) in [6.45, 7) is 1.53. The second-order valence-electron chi connectivity index (χ2n) is 2.89. The fourth-order valence-corrected chi connectivity index (χ4v) is 2.35. The van der Waals surface area contributed by atoms with E-state index in [-0.39, 0.29) is 10.7 Å². The summed E-state index contributed by atoms with van der Waals surface area (Å²) < 4.78 is 24.7. The summed E-state index contributed by atoms with van der Waals surface area (Å²) in [7, 11) is -3.65. The van der Waals surface area contributed by atoms with E-state index in [1.165, 1.54) is 19.1 Å². The molecule has 0 fully saturated rings. The highest BCUT2D eigenvalue weighted by atomic mass is 32.2. The number of aromatic nitrogens is 4. The van der Waals surface area contributed by atoms with Crippen molar-refractivity contribution >= 4 is 10.0 Å². The molecule has 15 heavy (non-hydrogen) atoms. The smallest absolute Gasteiger partial charge is 0.199 e. The number of hydrogen-bond acceptors (Lipinski definition) is 5. The molecule has 1 aromatic carbocycles. The van der Waals surface area contributed by atoms with Crippen LogP contribution in [0.3, 0.4) is 0 Å². The Morgan fingerprint density at radius 3 is 2.40 bits per heavy atom. The Morgan fingerprint density at radius 1 is 1.20 bits per heavy atom. The van der Waals surface area contributed by atoms with E-state index >= 15 is 0 Å². The van der Waals surface area contributed by atoms with E-state index in [2.05, 4.69) is 15.5 Å². The molecule has 2 aromatic rings. The largest absolute Gasteiger partial charge is 0.286 e. The van der Waals surface area contributed by atoms with Gasteiger partial charge in [0.05, 0.1) is 4.90 Å². The maximum Gasteiger partial charge on any atom is 0.286 e. The molecule has 0 bridgehead atoms. The summed E-state index contributed by atoms with van der Waals surface area (Å²) in [4.78, 5) is 0.167. The van der Waals surface area contributed by atoms with E-state index in [0.29, 0.717) is 0 Å². The van der Waals surface area contributed by atoms with Crippen LogP contribution in [0.5, 0.6) is 0 Å². The van der Waals surface area contributed by atoms with Crippen LogP contribution in [0.2, 0.25) is 0 Å². The summed E-state index contributed by atoms with van der Waals surface area (Å²) in [6, 6.07) is 8.03. The van der Waals surface area contributed by atoms with Gasteiger partial charge in [-0.05, 0) is 29.5 Å². The molecule has 0 amide bonds. The van der Waals surface area contributed by atoms with Crippen molar-refractivity contribution in [2.45, 2.75) is 11.8 Å². The van der Waals surface area contributed by atoms with Crippen molar-refractivity contribution in [3.8, 4) is 0 Å². The predicted molar refractivity (Wildman–Crippen MR) is 51.6 cm³/mol. The lowest BCUT2D eigenvalue weighted by Gasteiger charge is -2.02. The highest BCUT2D eigenvalue weighted by Crippen LogP contribution is 2.11. The standard InChI is InChI=1S/C8H8N4O2S/c1-7-9-10-11-12(7)15(13,14)8-5-3-2-4-6-8/h2-6H,1H3. The predicted octanol–water partition coefficient (Wildman–Crippen LogP) is 0.219. The summed E-state index contributed by atoms with van der Waals surface area (Å²) in [5, 5.41) is 10.3. The van der Waals surface area contributed by atoms with Crippen LogP contribution in [-0.4, -0.2) is 28.0 Å². The molecule has 0 N–H and O–H groups in total. The number of benzene rings is 1. The molecule has 0 radical (unpaired) electrons. The average molecular weight is 224 g/mol. The van der Waals surface area contributed by atoms with Crippen molar-refractivity contribution in [2.75, 3.05) is 0 Å². The molecule has 2 rings (SSSR count). The van der Waals surface area contributed by atoms with Gasteiger partial charge < -0.3 is 0 Å². The molecule has 78 valence electrons. The molecule has 7 heteroatoms. The molecule has 0 spiro atoms. The van der Waals surface area contributed by atoms with Gasteiger partial charge in [-0.1, -0.05) is 18.2 Å². The molecule has 1 aromatic heterocycles. The molecule has 6 nitrogen and oxygen atoms in total. The van der Waals surface area contributed by atoms with E-state index in [9.17, 15) is 8.42 Å². The Kier molecular flexibility index (Phi) is 2.24. The molecule has 0 saturated heterocycles. The third-order valence-corrected chi connectivity index (χ3v) is 3.52. The highest BCUT2D eigenvalue weighted by molar-refractivity contribution is 7.89. The first kappa shape index (κ1) is 9.78. The fourth-order valence-electron chi connectivity index (χ4n) is 1.14. The molecule has 0 atom stereocenters. The normalized spacial score (nSPS) is 11.5. The minimum absolute atomic E-state index is 0.167. The lowest BCUT2D eigenvalue weighted by atomic mass is 10.4. The van der Waals surface area contributed by atoms with Gasteiger partial charge in [0.25, 0.3) is 10.0 Å². The van der Waals surface area contributed by atoms with Crippen LogP contribution in [0.1, 0.15) is 5.82 Å². The molecule has 1 heterocycles. The summed E-state index contributed by atoms with van der Waals surface area (Å²) >= 11 is 0. The van der Waals surface area contributed by atoms with Crippen LogP contribution in [0.4, 0.5) is 0 Å². The van der Waals surface area contributed by atoms with Gasteiger partial charge in [-0.3, -0.25) is 0 Å². The second kappa shape index (κ2) is 3.43. The van der Waals surface area contributed by atoms with Crippen molar-refractivity contribution in [2.24, 2.45) is 0 Å². The molecule has 0 unspecified atom stereocenters. The zero-order valence-electron chi connectivity index (χ0n) is 7.90. The summed E-state index contributed by atoms with van der Waals surface area (Å²) in [6.07, 6.45) is 0. The van der Waals surface area contributed by atoms with Gasteiger partial charge in [0.15, 0.2) is 5.82 Å². The Morgan fingerprint density at radius 2 is 1.87 bits per heavy atom. The van der Waals surface area contributed by atoms with Crippen LogP contribution < -0.4 is 0 Å². The first-order chi connectivity index (χ1) is 7.12. The van der Waals surface area contributed by atoms with E-state index in [0.717, 1.165) is 4.09 Å². The number of aryl methyl sites for hydroxylation is 1. The Hall–Kier alpha value is -1.76. The van der Waals surface area contributed by atoms with Gasteiger partial charge in [-0.15, -0.1) is 9.19 Å². The number of nitrogens with zero attached hydrogens (tertiary/aromatic N) is 4. The SMILES string of the molecule is Cc1nnnn1S(=O)(=O)c1ccccc1. The van der Waals surface area contributed by atoms with Crippen LogP contribution in [0.15, 0.2) is 35.2 Å². The number of tetrazole rings is 1. The zero-order chi connectivity index (χ0) is 10.9. The molecule has 0 aliphatic heterocycles. The molecular weight excluding hydrogens is 216 g/mol. The third kappa shape index (κ3) is 1.61. The molecule has 0 aliphatic carbocycles. The zero-order valence-corrected chi connectivity index (χ0v) is 8.72. The van der Waals surface area contributed by atoms with Crippen LogP contribution >= 0.6 is 0 Å². The van der Waals surface area contributed by atoms with Gasteiger partial charge in [0.2, 0.25) is 0 Å². The van der Waals surface area contributed by atoms with Crippen molar-refractivity contribution in [1.29, 1.82) is 0 Å². The van der Waals surface area contributed by atoms with Crippen LogP contribution in [-0.2, 0) is 10.0 Å². The molecule has 0 aliphatic rings. The minimum atomic E-state index is -3.65. The first-order valence-corrected chi connectivity index (χ1v) is 5.62. The highest BCUT2D eigenvalue weighted by Gasteiger charge is 2.19. The fraction of sp³-hybridized carbons (Fsp3) is 0.125. The van der Waals surface area contributed by atoms with E-state index < -0.39 is 10.0 Å². The maximum atomic E-state index is 11.9. The van der Waals surface area contributed by atoms with E-state index in [1.807, 2.05) is 0 Å². The Bertz CT molecular complexity index is 561. The summed E-state index contributed by atoms with van der Waals surface area (Å²) in [5.41, 5.74) is 0. The second-order valence-corrected chi connectivity index (χ2v) is 4.65. The van der Waals surface area contributed by atoms with Gasteiger partial charge in [0.1, 0.15) is 0 Å². The number of rotatable bonds is 2. The molecule has 0 saturated carbocycles. The number of hydrogen-bond donors (Lipinski definition) is 0. The van der Waals surface area contributed by atoms with Crippen molar-refractivity contribution in [1.82, 2.24) is 19.6 Å². The first-order valence-electron chi connectivity index (χ1n) is 4.18. The van der Waals surface area contributed by atoms with Gasteiger partial charge in [-0.25, -0.2) is 0 Å². The monoisotopic (exact) mass is 224 g/mol. The minimum Gasteiger partial charge on any atom is -0.199 e. The molecular formula is C8H8N4O2S. The van der Waals surface area contributed by atoms with E-state index in [1.54, 1.807) is 18.2 Å². The Labute approximate surface area is 86.6 Å². The van der Waals surface area contributed by atoms with Crippen molar-refractivity contribution in [3.63, 3.8) is 0 Å². The van der Waals surface area contributed by atoms with E-state index in [4.69, 9.17) is 0 Å².